The molecule has 5 nitrogen and oxygen atoms in total. The number of rotatable bonds is 5. The maximum atomic E-state index is 13.4. The summed E-state index contributed by atoms with van der Waals surface area (Å²) in [5.74, 6) is -0.757. The van der Waals surface area contributed by atoms with Gasteiger partial charge in [-0.2, -0.15) is 0 Å². The molecule has 0 saturated heterocycles. The van der Waals surface area contributed by atoms with Gasteiger partial charge in [0.1, 0.15) is 11.6 Å². The molecule has 0 spiro atoms. The molecule has 0 heterocycles. The highest BCUT2D eigenvalue weighted by Crippen LogP contribution is 2.27. The zero-order valence-corrected chi connectivity index (χ0v) is 14.0. The van der Waals surface area contributed by atoms with E-state index >= 15 is 0 Å². The van der Waals surface area contributed by atoms with Gasteiger partial charge in [-0.15, -0.1) is 0 Å². The van der Waals surface area contributed by atoms with Crippen LogP contribution in [0.5, 0.6) is 0 Å². The molecule has 1 saturated carbocycles. The first-order chi connectivity index (χ1) is 11.4. The Balaban J connectivity index is 1.74. The number of hydrogen-bond donors (Lipinski definition) is 2. The van der Waals surface area contributed by atoms with E-state index in [9.17, 15) is 18.8 Å². The van der Waals surface area contributed by atoms with Gasteiger partial charge in [-0.25, -0.2) is 4.39 Å². The van der Waals surface area contributed by atoms with Crippen LogP contribution in [0.25, 0.3) is 0 Å². The second-order valence-corrected chi connectivity index (χ2v) is 6.38. The second kappa shape index (κ2) is 8.04. The Morgan fingerprint density at radius 3 is 2.62 bits per heavy atom. The van der Waals surface area contributed by atoms with Gasteiger partial charge in [0.15, 0.2) is 0 Å². The Bertz CT molecular complexity index is 645. The SMILES string of the molecule is Cc1ccc(C(=O)NCCNC(=O)C2CCC(=O)CC2C)cc1F. The van der Waals surface area contributed by atoms with E-state index in [1.54, 1.807) is 19.1 Å². The molecule has 1 fully saturated rings. The van der Waals surface area contributed by atoms with Crippen molar-refractivity contribution in [1.82, 2.24) is 10.6 Å². The average molecular weight is 334 g/mol. The highest BCUT2D eigenvalue weighted by atomic mass is 19.1. The van der Waals surface area contributed by atoms with E-state index in [0.717, 1.165) is 0 Å². The van der Waals surface area contributed by atoms with Crippen LogP contribution in [-0.2, 0) is 9.59 Å². The zero-order valence-electron chi connectivity index (χ0n) is 14.0. The maximum Gasteiger partial charge on any atom is 0.251 e. The third kappa shape index (κ3) is 4.63. The van der Waals surface area contributed by atoms with Crippen LogP contribution in [0.1, 0.15) is 42.1 Å². The molecule has 0 radical (unpaired) electrons. The van der Waals surface area contributed by atoms with Crippen LogP contribution in [0, 0.1) is 24.6 Å². The first kappa shape index (κ1) is 18.1. The van der Waals surface area contributed by atoms with E-state index in [1.165, 1.54) is 6.07 Å². The van der Waals surface area contributed by atoms with E-state index < -0.39 is 5.82 Å². The predicted octanol–water partition coefficient (Wildman–Crippen LogP) is 1.99. The molecule has 1 aliphatic carbocycles. The number of hydrogen-bond acceptors (Lipinski definition) is 3. The van der Waals surface area contributed by atoms with Crippen molar-refractivity contribution >= 4 is 17.6 Å². The summed E-state index contributed by atoms with van der Waals surface area (Å²) in [5, 5.41) is 5.43. The number of carbonyl (C=O) groups excluding carboxylic acids is 3. The molecule has 2 N–H and O–H groups in total. The Labute approximate surface area is 141 Å². The average Bonchev–Trinajstić information content (AvgIpc) is 2.53. The largest absolute Gasteiger partial charge is 0.354 e. The highest BCUT2D eigenvalue weighted by molar-refractivity contribution is 5.94. The van der Waals surface area contributed by atoms with Crippen molar-refractivity contribution in [3.05, 3.63) is 35.1 Å². The van der Waals surface area contributed by atoms with Crippen molar-refractivity contribution in [2.24, 2.45) is 11.8 Å². The molecule has 0 bridgehead atoms. The predicted molar refractivity (Wildman–Crippen MR) is 88.0 cm³/mol. The Morgan fingerprint density at radius 2 is 1.96 bits per heavy atom. The molecule has 2 unspecified atom stereocenters. The number of aryl methyl sites for hydroxylation is 1. The highest BCUT2D eigenvalue weighted by Gasteiger charge is 2.30. The summed E-state index contributed by atoms with van der Waals surface area (Å²) >= 11 is 0. The summed E-state index contributed by atoms with van der Waals surface area (Å²) in [7, 11) is 0. The smallest absolute Gasteiger partial charge is 0.251 e. The van der Waals surface area contributed by atoms with Crippen molar-refractivity contribution in [3.63, 3.8) is 0 Å². The summed E-state index contributed by atoms with van der Waals surface area (Å²) in [6.07, 6.45) is 1.49. The normalized spacial score (nSPS) is 20.5. The topological polar surface area (TPSA) is 75.3 Å². The number of ketones is 1. The first-order valence-electron chi connectivity index (χ1n) is 8.22. The van der Waals surface area contributed by atoms with Gasteiger partial charge in [-0.3, -0.25) is 14.4 Å². The zero-order chi connectivity index (χ0) is 17.7. The lowest BCUT2D eigenvalue weighted by Crippen LogP contribution is -2.41. The summed E-state index contributed by atoms with van der Waals surface area (Å²) in [6, 6.07) is 4.31. The van der Waals surface area contributed by atoms with E-state index in [0.29, 0.717) is 31.4 Å². The van der Waals surface area contributed by atoms with E-state index in [4.69, 9.17) is 0 Å². The minimum absolute atomic E-state index is 0.0522. The molecular formula is C18H23FN2O3. The van der Waals surface area contributed by atoms with E-state index in [2.05, 4.69) is 10.6 Å². The summed E-state index contributed by atoms with van der Waals surface area (Å²) in [4.78, 5) is 35.4. The molecule has 2 atom stereocenters. The minimum Gasteiger partial charge on any atom is -0.354 e. The van der Waals surface area contributed by atoms with Gasteiger partial charge in [0, 0.05) is 37.4 Å². The van der Waals surface area contributed by atoms with Gasteiger partial charge < -0.3 is 10.6 Å². The maximum absolute atomic E-state index is 13.4. The Kier molecular flexibility index (Phi) is 6.06. The monoisotopic (exact) mass is 334 g/mol. The Morgan fingerprint density at radius 1 is 1.25 bits per heavy atom. The van der Waals surface area contributed by atoms with Crippen LogP contribution in [0.2, 0.25) is 0 Å². The quantitative estimate of drug-likeness (QED) is 0.809. The molecule has 6 heteroatoms. The van der Waals surface area contributed by atoms with E-state index in [-0.39, 0.29) is 41.5 Å². The lowest BCUT2D eigenvalue weighted by atomic mass is 9.79. The number of benzene rings is 1. The van der Waals surface area contributed by atoms with Gasteiger partial charge in [-0.1, -0.05) is 13.0 Å². The molecule has 1 aliphatic rings. The fourth-order valence-electron chi connectivity index (χ4n) is 2.92. The van der Waals surface area contributed by atoms with Crippen molar-refractivity contribution in [3.8, 4) is 0 Å². The number of halogens is 1. The number of Topliss-reactive ketones (excluding diaryl/α,β-unsaturated/α-hetero) is 1. The van der Waals surface area contributed by atoms with Gasteiger partial charge in [0.05, 0.1) is 0 Å². The molecule has 130 valence electrons. The Hall–Kier alpha value is -2.24. The molecule has 2 amide bonds. The first-order valence-corrected chi connectivity index (χ1v) is 8.22. The summed E-state index contributed by atoms with van der Waals surface area (Å²) in [6.45, 7) is 4.11. The van der Waals surface area contributed by atoms with Crippen LogP contribution in [0.3, 0.4) is 0 Å². The van der Waals surface area contributed by atoms with Gasteiger partial charge >= 0.3 is 0 Å². The van der Waals surface area contributed by atoms with Crippen molar-refractivity contribution < 1.29 is 18.8 Å². The number of nitrogens with one attached hydrogen (secondary N) is 2. The van der Waals surface area contributed by atoms with Crippen LogP contribution in [-0.4, -0.2) is 30.7 Å². The fraction of sp³-hybridized carbons (Fsp3) is 0.500. The lowest BCUT2D eigenvalue weighted by Gasteiger charge is -2.26. The third-order valence-corrected chi connectivity index (χ3v) is 4.45. The fourth-order valence-corrected chi connectivity index (χ4v) is 2.92. The summed E-state index contributed by atoms with van der Waals surface area (Å²) in [5.41, 5.74) is 0.739. The van der Waals surface area contributed by atoms with Gasteiger partial charge in [0.25, 0.3) is 5.91 Å². The second-order valence-electron chi connectivity index (χ2n) is 6.38. The standard InChI is InChI=1S/C18H23FN2O3/c1-11-3-4-13(10-16(11)19)17(23)20-7-8-21-18(24)15-6-5-14(22)9-12(15)2/h3-4,10,12,15H,5-9H2,1-2H3,(H,20,23)(H,21,24). The number of amides is 2. The van der Waals surface area contributed by atoms with Gasteiger partial charge in [-0.05, 0) is 37.0 Å². The third-order valence-electron chi connectivity index (χ3n) is 4.45. The molecule has 0 aromatic heterocycles. The molecule has 1 aromatic rings. The molecule has 1 aromatic carbocycles. The van der Waals surface area contributed by atoms with Gasteiger partial charge in [0.2, 0.25) is 5.91 Å². The van der Waals surface area contributed by atoms with Crippen LogP contribution in [0.15, 0.2) is 18.2 Å². The lowest BCUT2D eigenvalue weighted by molar-refractivity contribution is -0.130. The molecule has 0 aliphatic heterocycles. The van der Waals surface area contributed by atoms with Crippen LogP contribution >= 0.6 is 0 Å². The van der Waals surface area contributed by atoms with E-state index in [1.807, 2.05) is 6.92 Å². The van der Waals surface area contributed by atoms with Crippen molar-refractivity contribution in [1.29, 1.82) is 0 Å². The van der Waals surface area contributed by atoms with Crippen LogP contribution in [0.4, 0.5) is 4.39 Å². The van der Waals surface area contributed by atoms with Crippen LogP contribution < -0.4 is 10.6 Å². The number of carbonyl (C=O) groups is 3. The molecule has 2 rings (SSSR count). The van der Waals surface area contributed by atoms with Crippen molar-refractivity contribution in [2.45, 2.75) is 33.1 Å². The minimum atomic E-state index is -0.420. The molecular weight excluding hydrogens is 311 g/mol. The summed E-state index contributed by atoms with van der Waals surface area (Å²) < 4.78 is 13.4. The van der Waals surface area contributed by atoms with Crippen molar-refractivity contribution in [2.75, 3.05) is 13.1 Å². The molecule has 24 heavy (non-hydrogen) atoms.